The number of benzene rings is 1. The summed E-state index contributed by atoms with van der Waals surface area (Å²) in [6, 6.07) is 9.93. The van der Waals surface area contributed by atoms with E-state index >= 15 is 0 Å². The van der Waals surface area contributed by atoms with Gasteiger partial charge in [0.1, 0.15) is 5.41 Å². The number of amides is 1. The van der Waals surface area contributed by atoms with Crippen LogP contribution >= 0.6 is 11.8 Å². The Labute approximate surface area is 116 Å². The maximum Gasteiger partial charge on any atom is 0.319 e. The summed E-state index contributed by atoms with van der Waals surface area (Å²) >= 11 is 1.66. The van der Waals surface area contributed by atoms with Crippen molar-refractivity contribution < 1.29 is 14.7 Å². The van der Waals surface area contributed by atoms with E-state index in [1.54, 1.807) is 11.8 Å². The van der Waals surface area contributed by atoms with E-state index < -0.39 is 11.4 Å². The van der Waals surface area contributed by atoms with Crippen LogP contribution in [0, 0.1) is 5.41 Å². The van der Waals surface area contributed by atoms with E-state index in [0.29, 0.717) is 19.4 Å². The zero-order chi connectivity index (χ0) is 13.9. The summed E-state index contributed by atoms with van der Waals surface area (Å²) in [6.45, 7) is 2.49. The van der Waals surface area contributed by atoms with Gasteiger partial charge >= 0.3 is 5.97 Å². The molecular weight excluding hydrogens is 262 g/mol. The van der Waals surface area contributed by atoms with Crippen molar-refractivity contribution in [1.82, 2.24) is 5.32 Å². The average Bonchev–Trinajstić information content (AvgIpc) is 3.18. The molecular formula is C14H17NO3S. The Hall–Kier alpha value is -1.49. The molecule has 0 aliphatic heterocycles. The summed E-state index contributed by atoms with van der Waals surface area (Å²) in [5, 5.41) is 12.0. The van der Waals surface area contributed by atoms with Gasteiger partial charge in [-0.2, -0.15) is 0 Å². The molecule has 19 heavy (non-hydrogen) atoms. The van der Waals surface area contributed by atoms with Gasteiger partial charge in [0.15, 0.2) is 0 Å². The lowest BCUT2D eigenvalue weighted by atomic mass is 10.1. The minimum atomic E-state index is -1.14. The molecule has 1 aromatic carbocycles. The first kappa shape index (κ1) is 13.9. The molecule has 1 atom stereocenters. The van der Waals surface area contributed by atoms with E-state index in [1.165, 1.54) is 0 Å². The number of carboxylic acid groups (broad SMARTS) is 1. The lowest BCUT2D eigenvalue weighted by molar-refractivity contribution is -0.149. The van der Waals surface area contributed by atoms with Crippen LogP contribution in [0.4, 0.5) is 0 Å². The quantitative estimate of drug-likeness (QED) is 0.618. The van der Waals surface area contributed by atoms with Gasteiger partial charge in [0, 0.05) is 16.7 Å². The zero-order valence-corrected chi connectivity index (χ0v) is 11.6. The molecule has 0 radical (unpaired) electrons. The minimum Gasteiger partial charge on any atom is -0.480 e. The van der Waals surface area contributed by atoms with Crippen LogP contribution in [0.3, 0.4) is 0 Å². The van der Waals surface area contributed by atoms with E-state index in [9.17, 15) is 9.59 Å². The molecule has 1 aromatic rings. The van der Waals surface area contributed by atoms with Gasteiger partial charge < -0.3 is 10.4 Å². The van der Waals surface area contributed by atoms with Crippen LogP contribution in [-0.4, -0.2) is 28.8 Å². The molecule has 0 spiro atoms. The highest BCUT2D eigenvalue weighted by Gasteiger charge is 2.56. The Bertz CT molecular complexity index is 471. The number of carbonyl (C=O) groups is 2. The predicted molar refractivity (Wildman–Crippen MR) is 74.1 cm³/mol. The van der Waals surface area contributed by atoms with Gasteiger partial charge in [0.25, 0.3) is 0 Å². The Kier molecular flexibility index (Phi) is 4.14. The number of hydrogen-bond donors (Lipinski definition) is 2. The molecule has 1 amide bonds. The predicted octanol–water partition coefficient (Wildman–Crippen LogP) is 2.15. The van der Waals surface area contributed by atoms with E-state index in [2.05, 4.69) is 5.32 Å². The Balaban J connectivity index is 1.80. The van der Waals surface area contributed by atoms with E-state index in [-0.39, 0.29) is 11.2 Å². The maximum absolute atomic E-state index is 11.8. The lowest BCUT2D eigenvalue weighted by Gasteiger charge is -2.15. The van der Waals surface area contributed by atoms with Gasteiger partial charge in [-0.3, -0.25) is 9.59 Å². The van der Waals surface area contributed by atoms with Crippen LogP contribution in [0.2, 0.25) is 0 Å². The molecule has 4 nitrogen and oxygen atoms in total. The summed E-state index contributed by atoms with van der Waals surface area (Å²) in [5.41, 5.74) is -1.14. The van der Waals surface area contributed by atoms with Crippen molar-refractivity contribution in [2.45, 2.75) is 29.9 Å². The molecule has 1 aliphatic rings. The van der Waals surface area contributed by atoms with Crippen molar-refractivity contribution in [3.63, 3.8) is 0 Å². The van der Waals surface area contributed by atoms with Crippen molar-refractivity contribution in [2.24, 2.45) is 5.41 Å². The molecule has 1 saturated carbocycles. The fraction of sp³-hybridized carbons (Fsp3) is 0.429. The van der Waals surface area contributed by atoms with Crippen molar-refractivity contribution in [1.29, 1.82) is 0 Å². The first-order valence-electron chi connectivity index (χ1n) is 6.28. The molecule has 1 fully saturated rings. The average molecular weight is 279 g/mol. The second kappa shape index (κ2) is 5.65. The van der Waals surface area contributed by atoms with Crippen molar-refractivity contribution >= 4 is 23.6 Å². The zero-order valence-electron chi connectivity index (χ0n) is 10.8. The molecule has 102 valence electrons. The van der Waals surface area contributed by atoms with Crippen LogP contribution in [0.15, 0.2) is 35.2 Å². The molecule has 1 unspecified atom stereocenters. The van der Waals surface area contributed by atoms with Crippen LogP contribution in [0.5, 0.6) is 0 Å². The van der Waals surface area contributed by atoms with Gasteiger partial charge in [-0.25, -0.2) is 0 Å². The fourth-order valence-electron chi connectivity index (χ4n) is 1.84. The monoisotopic (exact) mass is 279 g/mol. The highest BCUT2D eigenvalue weighted by molar-refractivity contribution is 8.00. The van der Waals surface area contributed by atoms with Crippen molar-refractivity contribution in [3.8, 4) is 0 Å². The van der Waals surface area contributed by atoms with Gasteiger partial charge in [-0.15, -0.1) is 11.8 Å². The van der Waals surface area contributed by atoms with E-state index in [1.807, 2.05) is 37.3 Å². The second-order valence-corrected chi connectivity index (χ2v) is 6.35. The SMILES string of the molecule is CC(CNC(=O)C1(C(=O)O)CC1)Sc1ccccc1. The molecule has 0 aromatic heterocycles. The number of aliphatic carboxylic acids is 1. The van der Waals surface area contributed by atoms with Crippen molar-refractivity contribution in [2.75, 3.05) is 6.54 Å². The first-order chi connectivity index (χ1) is 9.04. The normalized spacial score (nSPS) is 17.5. The molecule has 0 heterocycles. The number of nitrogens with one attached hydrogen (secondary N) is 1. The fourth-order valence-corrected chi connectivity index (χ4v) is 2.79. The van der Waals surface area contributed by atoms with Gasteiger partial charge in [0.2, 0.25) is 5.91 Å². The number of rotatable bonds is 6. The van der Waals surface area contributed by atoms with Crippen molar-refractivity contribution in [3.05, 3.63) is 30.3 Å². The smallest absolute Gasteiger partial charge is 0.319 e. The van der Waals surface area contributed by atoms with Gasteiger partial charge in [0.05, 0.1) is 0 Å². The van der Waals surface area contributed by atoms with Crippen LogP contribution < -0.4 is 5.32 Å². The highest BCUT2D eigenvalue weighted by Crippen LogP contribution is 2.46. The number of carboxylic acids is 1. The number of thioether (sulfide) groups is 1. The van der Waals surface area contributed by atoms with Gasteiger partial charge in [-0.1, -0.05) is 25.1 Å². The standard InChI is InChI=1S/C14H17NO3S/c1-10(19-11-5-3-2-4-6-11)9-15-12(16)14(7-8-14)13(17)18/h2-6,10H,7-9H2,1H3,(H,15,16)(H,17,18). The molecule has 1 aliphatic carbocycles. The van der Waals surface area contributed by atoms with Gasteiger partial charge in [-0.05, 0) is 25.0 Å². The summed E-state index contributed by atoms with van der Waals surface area (Å²) in [4.78, 5) is 24.0. The first-order valence-corrected chi connectivity index (χ1v) is 7.16. The van der Waals surface area contributed by atoms with E-state index in [0.717, 1.165) is 4.90 Å². The summed E-state index contributed by atoms with van der Waals surface area (Å²) in [7, 11) is 0. The topological polar surface area (TPSA) is 66.4 Å². The minimum absolute atomic E-state index is 0.205. The third kappa shape index (κ3) is 3.29. The molecule has 2 rings (SSSR count). The van der Waals surface area contributed by atoms with Crippen LogP contribution in [0.25, 0.3) is 0 Å². The van der Waals surface area contributed by atoms with Crippen LogP contribution in [0.1, 0.15) is 19.8 Å². The summed E-state index contributed by atoms with van der Waals surface area (Å²) in [6.07, 6.45) is 0.906. The molecule has 0 bridgehead atoms. The number of hydrogen-bond acceptors (Lipinski definition) is 3. The molecule has 2 N–H and O–H groups in total. The number of carbonyl (C=O) groups excluding carboxylic acids is 1. The Morgan fingerprint density at radius 1 is 1.37 bits per heavy atom. The maximum atomic E-state index is 11.8. The Morgan fingerprint density at radius 2 is 2.00 bits per heavy atom. The lowest BCUT2D eigenvalue weighted by Crippen LogP contribution is -2.39. The largest absolute Gasteiger partial charge is 0.480 e. The second-order valence-electron chi connectivity index (χ2n) is 4.84. The molecule has 0 saturated heterocycles. The van der Waals surface area contributed by atoms with E-state index in [4.69, 9.17) is 5.11 Å². The van der Waals surface area contributed by atoms with Crippen LogP contribution in [-0.2, 0) is 9.59 Å². The third-order valence-electron chi connectivity index (χ3n) is 3.22. The Morgan fingerprint density at radius 3 is 2.53 bits per heavy atom. The summed E-state index contributed by atoms with van der Waals surface area (Å²) in [5.74, 6) is -1.35. The molecule has 5 heteroatoms. The summed E-state index contributed by atoms with van der Waals surface area (Å²) < 4.78 is 0. The highest BCUT2D eigenvalue weighted by atomic mass is 32.2. The third-order valence-corrected chi connectivity index (χ3v) is 4.34.